The van der Waals surface area contributed by atoms with Crippen LogP contribution in [0.1, 0.15) is 64.2 Å². The van der Waals surface area contributed by atoms with Crippen LogP contribution in [0.2, 0.25) is 0 Å². The van der Waals surface area contributed by atoms with Crippen molar-refractivity contribution in [2.24, 2.45) is 11.1 Å². The number of rotatable bonds is 4. The highest BCUT2D eigenvalue weighted by atomic mass is 16.4. The van der Waals surface area contributed by atoms with Crippen molar-refractivity contribution in [3.05, 3.63) is 0 Å². The van der Waals surface area contributed by atoms with Crippen molar-refractivity contribution in [2.75, 3.05) is 13.1 Å². The van der Waals surface area contributed by atoms with E-state index in [0.717, 1.165) is 44.9 Å². The molecule has 2 aliphatic rings. The molecule has 1 saturated heterocycles. The van der Waals surface area contributed by atoms with E-state index in [0.29, 0.717) is 25.9 Å². The van der Waals surface area contributed by atoms with Gasteiger partial charge in [-0.1, -0.05) is 32.1 Å². The molecule has 1 aliphatic heterocycles. The Balaban J connectivity index is 2.06. The Labute approximate surface area is 126 Å². The summed E-state index contributed by atoms with van der Waals surface area (Å²) in [6, 6.07) is -0.640. The summed E-state index contributed by atoms with van der Waals surface area (Å²) < 4.78 is 0. The van der Waals surface area contributed by atoms with E-state index >= 15 is 0 Å². The standard InChI is InChI=1S/C16H28N2O3/c17-12-16(8-4-2-5-9-16)11-14(19)18-10-6-1-3-7-13(18)15(20)21/h13H,1-12,17H2,(H,20,21). The summed E-state index contributed by atoms with van der Waals surface area (Å²) in [4.78, 5) is 25.8. The maximum Gasteiger partial charge on any atom is 0.326 e. The molecule has 0 bridgehead atoms. The molecule has 5 heteroatoms. The van der Waals surface area contributed by atoms with E-state index in [2.05, 4.69) is 0 Å². The predicted molar refractivity (Wildman–Crippen MR) is 80.8 cm³/mol. The summed E-state index contributed by atoms with van der Waals surface area (Å²) >= 11 is 0. The lowest BCUT2D eigenvalue weighted by atomic mass is 9.71. The van der Waals surface area contributed by atoms with Crippen LogP contribution in [0.25, 0.3) is 0 Å². The van der Waals surface area contributed by atoms with Crippen molar-refractivity contribution >= 4 is 11.9 Å². The average molecular weight is 296 g/mol. The van der Waals surface area contributed by atoms with Gasteiger partial charge < -0.3 is 15.7 Å². The second kappa shape index (κ2) is 7.25. The molecule has 1 heterocycles. The fraction of sp³-hybridized carbons (Fsp3) is 0.875. The zero-order valence-corrected chi connectivity index (χ0v) is 12.9. The van der Waals surface area contributed by atoms with Crippen LogP contribution < -0.4 is 5.73 Å². The maximum absolute atomic E-state index is 12.7. The van der Waals surface area contributed by atoms with E-state index < -0.39 is 12.0 Å². The van der Waals surface area contributed by atoms with E-state index in [9.17, 15) is 14.7 Å². The zero-order chi connectivity index (χ0) is 15.3. The first kappa shape index (κ1) is 16.3. The monoisotopic (exact) mass is 296 g/mol. The molecule has 3 N–H and O–H groups in total. The second-order valence-corrected chi connectivity index (χ2v) is 6.73. The first-order valence-electron chi connectivity index (χ1n) is 8.30. The van der Waals surface area contributed by atoms with Gasteiger partial charge in [0.1, 0.15) is 6.04 Å². The van der Waals surface area contributed by atoms with Gasteiger partial charge in [-0.15, -0.1) is 0 Å². The molecule has 2 fully saturated rings. The van der Waals surface area contributed by atoms with Crippen molar-refractivity contribution in [3.63, 3.8) is 0 Å². The summed E-state index contributed by atoms with van der Waals surface area (Å²) in [5.74, 6) is -0.868. The molecule has 0 radical (unpaired) electrons. The molecule has 0 aromatic carbocycles. The molecule has 120 valence electrons. The first-order valence-corrected chi connectivity index (χ1v) is 8.30. The van der Waals surface area contributed by atoms with Gasteiger partial charge in [0, 0.05) is 13.0 Å². The fourth-order valence-corrected chi connectivity index (χ4v) is 3.84. The van der Waals surface area contributed by atoms with Crippen molar-refractivity contribution < 1.29 is 14.7 Å². The summed E-state index contributed by atoms with van der Waals surface area (Å²) in [6.45, 7) is 1.11. The average Bonchev–Trinajstić information content (AvgIpc) is 2.74. The molecule has 1 aliphatic carbocycles. The number of nitrogens with zero attached hydrogens (tertiary/aromatic N) is 1. The molecule has 0 aromatic rings. The Bertz CT molecular complexity index is 378. The Morgan fingerprint density at radius 3 is 2.38 bits per heavy atom. The van der Waals surface area contributed by atoms with E-state index in [1.807, 2.05) is 0 Å². The molecule has 1 amide bonds. The fourth-order valence-electron chi connectivity index (χ4n) is 3.84. The van der Waals surface area contributed by atoms with Crippen LogP contribution in [-0.4, -0.2) is 41.0 Å². The van der Waals surface area contributed by atoms with Gasteiger partial charge in [-0.25, -0.2) is 4.79 Å². The lowest BCUT2D eigenvalue weighted by molar-refractivity contribution is -0.151. The molecule has 21 heavy (non-hydrogen) atoms. The summed E-state index contributed by atoms with van der Waals surface area (Å²) in [6.07, 6.45) is 9.30. The number of carbonyl (C=O) groups excluding carboxylic acids is 1. The maximum atomic E-state index is 12.7. The third-order valence-corrected chi connectivity index (χ3v) is 5.23. The Hall–Kier alpha value is -1.10. The number of likely N-dealkylation sites (tertiary alicyclic amines) is 1. The minimum atomic E-state index is -0.865. The van der Waals surface area contributed by atoms with Crippen molar-refractivity contribution in [1.29, 1.82) is 0 Å². The van der Waals surface area contributed by atoms with E-state index in [1.54, 1.807) is 4.90 Å². The van der Waals surface area contributed by atoms with Gasteiger partial charge in [0.25, 0.3) is 0 Å². The number of aliphatic carboxylic acids is 1. The minimum Gasteiger partial charge on any atom is -0.480 e. The quantitative estimate of drug-likeness (QED) is 0.832. The number of carboxylic acids is 1. The highest BCUT2D eigenvalue weighted by Crippen LogP contribution is 2.39. The Morgan fingerprint density at radius 2 is 1.76 bits per heavy atom. The first-order chi connectivity index (χ1) is 10.1. The molecule has 1 saturated carbocycles. The van der Waals surface area contributed by atoms with E-state index in [4.69, 9.17) is 5.73 Å². The number of carboxylic acid groups (broad SMARTS) is 1. The molecular weight excluding hydrogens is 268 g/mol. The minimum absolute atomic E-state index is 0.00310. The molecule has 0 spiro atoms. The van der Waals surface area contributed by atoms with Crippen molar-refractivity contribution in [1.82, 2.24) is 4.90 Å². The van der Waals surface area contributed by atoms with Gasteiger partial charge in [-0.3, -0.25) is 4.79 Å². The van der Waals surface area contributed by atoms with Crippen LogP contribution in [0.4, 0.5) is 0 Å². The number of nitrogens with two attached hydrogens (primary N) is 1. The van der Waals surface area contributed by atoms with Crippen molar-refractivity contribution in [2.45, 2.75) is 70.3 Å². The van der Waals surface area contributed by atoms with E-state index in [1.165, 1.54) is 6.42 Å². The lowest BCUT2D eigenvalue weighted by Gasteiger charge is -2.38. The molecular formula is C16H28N2O3. The van der Waals surface area contributed by atoms with Crippen LogP contribution in [0.3, 0.4) is 0 Å². The van der Waals surface area contributed by atoms with Gasteiger partial charge in [-0.05, 0) is 37.6 Å². The predicted octanol–water partition coefficient (Wildman–Crippen LogP) is 2.14. The SMILES string of the molecule is NCC1(CC(=O)N2CCCCCC2C(=O)O)CCCCC1. The third-order valence-electron chi connectivity index (χ3n) is 5.23. The van der Waals surface area contributed by atoms with Crippen molar-refractivity contribution in [3.8, 4) is 0 Å². The Morgan fingerprint density at radius 1 is 1.10 bits per heavy atom. The molecule has 5 nitrogen and oxygen atoms in total. The normalized spacial score (nSPS) is 26.1. The Kier molecular flexibility index (Phi) is 5.62. The van der Waals surface area contributed by atoms with E-state index in [-0.39, 0.29) is 11.3 Å². The number of hydrogen-bond donors (Lipinski definition) is 2. The van der Waals surface area contributed by atoms with Gasteiger partial charge in [0.05, 0.1) is 0 Å². The lowest BCUT2D eigenvalue weighted by Crippen LogP contribution is -2.47. The van der Waals surface area contributed by atoms with Crippen LogP contribution in [-0.2, 0) is 9.59 Å². The largest absolute Gasteiger partial charge is 0.480 e. The van der Waals surface area contributed by atoms with Gasteiger partial charge in [0.15, 0.2) is 0 Å². The van der Waals surface area contributed by atoms with Crippen LogP contribution in [0.5, 0.6) is 0 Å². The topological polar surface area (TPSA) is 83.6 Å². The second-order valence-electron chi connectivity index (χ2n) is 6.73. The number of amides is 1. The highest BCUT2D eigenvalue weighted by molar-refractivity contribution is 5.84. The van der Waals surface area contributed by atoms with Gasteiger partial charge in [0.2, 0.25) is 5.91 Å². The smallest absolute Gasteiger partial charge is 0.326 e. The molecule has 1 atom stereocenters. The van der Waals surface area contributed by atoms with Crippen LogP contribution in [0, 0.1) is 5.41 Å². The number of carbonyl (C=O) groups is 2. The molecule has 0 aromatic heterocycles. The van der Waals surface area contributed by atoms with Crippen LogP contribution >= 0.6 is 0 Å². The summed E-state index contributed by atoms with van der Waals surface area (Å²) in [5.41, 5.74) is 5.86. The summed E-state index contributed by atoms with van der Waals surface area (Å²) in [5, 5.41) is 9.39. The number of hydrogen-bond acceptors (Lipinski definition) is 3. The highest BCUT2D eigenvalue weighted by Gasteiger charge is 2.37. The molecule has 2 rings (SSSR count). The van der Waals surface area contributed by atoms with Crippen LogP contribution in [0.15, 0.2) is 0 Å². The van der Waals surface area contributed by atoms with Gasteiger partial charge >= 0.3 is 5.97 Å². The van der Waals surface area contributed by atoms with Gasteiger partial charge in [-0.2, -0.15) is 0 Å². The third kappa shape index (κ3) is 3.96. The zero-order valence-electron chi connectivity index (χ0n) is 12.9. The molecule has 1 unspecified atom stereocenters. The summed E-state index contributed by atoms with van der Waals surface area (Å²) in [7, 11) is 0.